The molecule has 2 saturated heterocycles. The minimum Gasteiger partial charge on any atom is -0.353 e. The molecule has 238 valence electrons. The van der Waals surface area contributed by atoms with Crippen LogP contribution in [0, 0.1) is 16.0 Å². The first-order chi connectivity index (χ1) is 22.4. The monoisotopic (exact) mass is 618 g/mol. The zero-order chi connectivity index (χ0) is 32.0. The molecular formula is C37H42N6O3. The van der Waals surface area contributed by atoms with E-state index in [2.05, 4.69) is 46.0 Å². The molecule has 3 heterocycles. The topological polar surface area (TPSA) is 94.8 Å². The average molecular weight is 619 g/mol. The van der Waals surface area contributed by atoms with Gasteiger partial charge in [0.25, 0.3) is 12.1 Å². The molecular weight excluding hydrogens is 576 g/mol. The zero-order valence-corrected chi connectivity index (χ0v) is 26.6. The van der Waals surface area contributed by atoms with Crippen molar-refractivity contribution >= 4 is 16.8 Å². The molecule has 1 aromatic heterocycles. The first kappa shape index (κ1) is 31.2. The van der Waals surface area contributed by atoms with Crippen LogP contribution in [0.3, 0.4) is 0 Å². The van der Waals surface area contributed by atoms with Crippen LogP contribution in [0.15, 0.2) is 97.0 Å². The number of amides is 1. The maximum Gasteiger partial charge on any atom is 0.274 e. The van der Waals surface area contributed by atoms with E-state index in [0.717, 1.165) is 59.2 Å². The Morgan fingerprint density at radius 3 is 2.13 bits per heavy atom. The number of hydrogen-bond acceptors (Lipinski definition) is 7. The molecule has 0 radical (unpaired) electrons. The highest BCUT2D eigenvalue weighted by Crippen LogP contribution is 2.33. The third kappa shape index (κ3) is 6.89. The van der Waals surface area contributed by atoms with Crippen molar-refractivity contribution in [1.82, 2.24) is 25.0 Å². The second-order valence-corrected chi connectivity index (χ2v) is 12.5. The van der Waals surface area contributed by atoms with Gasteiger partial charge in [-0.1, -0.05) is 92.7 Å². The van der Waals surface area contributed by atoms with Gasteiger partial charge in [0.1, 0.15) is 0 Å². The molecule has 6 rings (SSSR count). The van der Waals surface area contributed by atoms with Crippen molar-refractivity contribution in [3.63, 3.8) is 0 Å². The van der Waals surface area contributed by atoms with E-state index in [1.54, 1.807) is 0 Å². The normalized spacial score (nSPS) is 16.6. The van der Waals surface area contributed by atoms with Crippen molar-refractivity contribution in [2.75, 3.05) is 39.3 Å². The number of pyridine rings is 1. The molecule has 2 aliphatic heterocycles. The molecule has 0 aliphatic carbocycles. The Morgan fingerprint density at radius 1 is 0.870 bits per heavy atom. The molecule has 0 spiro atoms. The SMILES string of the molecule is CC(C)[C@H](NC(=O)c1c(CN2CCN(/C(=C/[N+](=O)[O-])N3CCCC3)CC2)c(-c2ccccc2)nc2ccccc12)c1ccccc1. The van der Waals surface area contributed by atoms with Crippen molar-refractivity contribution in [1.29, 1.82) is 0 Å². The fraction of sp³-hybridized carbons (Fsp3) is 0.351. The number of aromatic nitrogens is 1. The number of nitro groups is 1. The Hall–Kier alpha value is -4.76. The van der Waals surface area contributed by atoms with Crippen molar-refractivity contribution in [2.45, 2.75) is 39.3 Å². The molecule has 4 aromatic rings. The van der Waals surface area contributed by atoms with Crippen LogP contribution in [0.25, 0.3) is 22.2 Å². The molecule has 0 saturated carbocycles. The summed E-state index contributed by atoms with van der Waals surface area (Å²) < 4.78 is 0. The lowest BCUT2D eigenvalue weighted by molar-refractivity contribution is -0.405. The maximum absolute atomic E-state index is 14.5. The molecule has 0 unspecified atom stereocenters. The largest absolute Gasteiger partial charge is 0.353 e. The van der Waals surface area contributed by atoms with Gasteiger partial charge in [0, 0.05) is 62.3 Å². The van der Waals surface area contributed by atoms with Crippen LogP contribution >= 0.6 is 0 Å². The second-order valence-electron chi connectivity index (χ2n) is 12.5. The predicted molar refractivity (Wildman–Crippen MR) is 181 cm³/mol. The number of nitrogens with one attached hydrogen (secondary N) is 1. The van der Waals surface area contributed by atoms with Crippen LogP contribution in [0.4, 0.5) is 0 Å². The molecule has 2 aliphatic rings. The molecule has 46 heavy (non-hydrogen) atoms. The average Bonchev–Trinajstić information content (AvgIpc) is 3.62. The van der Waals surface area contributed by atoms with Gasteiger partial charge in [-0.25, -0.2) is 4.98 Å². The van der Waals surface area contributed by atoms with Crippen LogP contribution in [0.5, 0.6) is 0 Å². The minimum absolute atomic E-state index is 0.114. The lowest BCUT2D eigenvalue weighted by Gasteiger charge is -2.39. The standard InChI is InChI=1S/C37H42N6O3/c1-27(2)35(28-13-5-3-6-14-28)39-37(44)34-30-17-9-10-18-32(30)38-36(29-15-7-4-8-16-29)31(34)25-40-21-23-42(24-22-40)33(26-43(45)46)41-19-11-12-20-41/h3-10,13-18,26-27,35H,11-12,19-25H2,1-2H3,(H,39,44)/b33-26+/t35-/m0/s1. The first-order valence-corrected chi connectivity index (χ1v) is 16.3. The lowest BCUT2D eigenvalue weighted by Crippen LogP contribution is -2.48. The Labute approximate surface area is 270 Å². The third-order valence-electron chi connectivity index (χ3n) is 9.11. The van der Waals surface area contributed by atoms with E-state index in [4.69, 9.17) is 4.98 Å². The molecule has 2 fully saturated rings. The quantitative estimate of drug-likeness (QED) is 0.164. The number of hydrogen-bond donors (Lipinski definition) is 1. The predicted octanol–water partition coefficient (Wildman–Crippen LogP) is 6.32. The van der Waals surface area contributed by atoms with E-state index in [9.17, 15) is 14.9 Å². The van der Waals surface area contributed by atoms with Gasteiger partial charge in [0.2, 0.25) is 0 Å². The van der Waals surface area contributed by atoms with Crippen molar-refractivity contribution in [2.24, 2.45) is 5.92 Å². The van der Waals surface area contributed by atoms with Gasteiger partial charge < -0.3 is 15.1 Å². The minimum atomic E-state index is -0.336. The van der Waals surface area contributed by atoms with Crippen LogP contribution in [-0.2, 0) is 6.54 Å². The molecule has 0 bridgehead atoms. The summed E-state index contributed by atoms with van der Waals surface area (Å²) in [7, 11) is 0. The highest BCUT2D eigenvalue weighted by Gasteiger charge is 2.30. The van der Waals surface area contributed by atoms with Gasteiger partial charge in [-0.2, -0.15) is 0 Å². The van der Waals surface area contributed by atoms with Crippen LogP contribution in [-0.4, -0.2) is 69.8 Å². The van der Waals surface area contributed by atoms with Crippen molar-refractivity contribution in [3.05, 3.63) is 124 Å². The van der Waals surface area contributed by atoms with Gasteiger partial charge >= 0.3 is 0 Å². The highest BCUT2D eigenvalue weighted by atomic mass is 16.6. The van der Waals surface area contributed by atoms with Crippen LogP contribution in [0.1, 0.15) is 54.2 Å². The van der Waals surface area contributed by atoms with Crippen molar-refractivity contribution < 1.29 is 9.72 Å². The fourth-order valence-corrected chi connectivity index (χ4v) is 6.77. The molecule has 1 atom stereocenters. The first-order valence-electron chi connectivity index (χ1n) is 16.3. The molecule has 9 heteroatoms. The van der Waals surface area contributed by atoms with E-state index in [1.807, 2.05) is 72.8 Å². The summed E-state index contributed by atoms with van der Waals surface area (Å²) in [5, 5.41) is 15.8. The Bertz CT molecular complexity index is 1690. The number of benzene rings is 3. The number of likely N-dealkylation sites (tertiary alicyclic amines) is 1. The smallest absolute Gasteiger partial charge is 0.274 e. The number of piperazine rings is 1. The van der Waals surface area contributed by atoms with Gasteiger partial charge in [0.15, 0.2) is 5.82 Å². The third-order valence-corrected chi connectivity index (χ3v) is 9.11. The summed E-state index contributed by atoms with van der Waals surface area (Å²) >= 11 is 0. The summed E-state index contributed by atoms with van der Waals surface area (Å²) in [6.07, 6.45) is 3.28. The summed E-state index contributed by atoms with van der Waals surface area (Å²) in [6.45, 7) is 9.25. The summed E-state index contributed by atoms with van der Waals surface area (Å²) in [4.78, 5) is 37.5. The number of rotatable bonds is 10. The van der Waals surface area contributed by atoms with Gasteiger partial charge in [-0.3, -0.25) is 19.8 Å². The highest BCUT2D eigenvalue weighted by molar-refractivity contribution is 6.09. The maximum atomic E-state index is 14.5. The Kier molecular flexibility index (Phi) is 9.59. The molecule has 1 N–H and O–H groups in total. The van der Waals surface area contributed by atoms with E-state index in [1.165, 1.54) is 6.20 Å². The number of carbonyl (C=O) groups is 1. The van der Waals surface area contributed by atoms with Gasteiger partial charge in [-0.15, -0.1) is 0 Å². The number of carbonyl (C=O) groups excluding carboxylic acids is 1. The van der Waals surface area contributed by atoms with E-state index >= 15 is 0 Å². The lowest BCUT2D eigenvalue weighted by atomic mass is 9.93. The Morgan fingerprint density at radius 2 is 1.48 bits per heavy atom. The summed E-state index contributed by atoms with van der Waals surface area (Å²) in [6, 6.07) is 27.9. The second kappa shape index (κ2) is 14.1. The molecule has 9 nitrogen and oxygen atoms in total. The zero-order valence-electron chi connectivity index (χ0n) is 26.6. The van der Waals surface area contributed by atoms with Gasteiger partial charge in [-0.05, 0) is 30.4 Å². The van der Waals surface area contributed by atoms with Crippen LogP contribution in [0.2, 0.25) is 0 Å². The number of para-hydroxylation sites is 1. The molecule has 3 aromatic carbocycles. The van der Waals surface area contributed by atoms with E-state index < -0.39 is 0 Å². The van der Waals surface area contributed by atoms with E-state index in [-0.39, 0.29) is 22.8 Å². The van der Waals surface area contributed by atoms with Crippen LogP contribution < -0.4 is 5.32 Å². The van der Waals surface area contributed by atoms with Gasteiger partial charge in [0.05, 0.1) is 27.7 Å². The van der Waals surface area contributed by atoms with Crippen molar-refractivity contribution in [3.8, 4) is 11.3 Å². The molecule has 1 amide bonds. The summed E-state index contributed by atoms with van der Waals surface area (Å²) in [5.41, 5.74) is 5.16. The fourth-order valence-electron chi connectivity index (χ4n) is 6.77. The van der Waals surface area contributed by atoms with E-state index in [0.29, 0.717) is 44.1 Å². The number of nitrogens with zero attached hydrogens (tertiary/aromatic N) is 5. The Balaban J connectivity index is 1.36. The number of fused-ring (bicyclic) bond motifs is 1. The summed E-state index contributed by atoms with van der Waals surface area (Å²) in [5.74, 6) is 0.777.